The molecule has 7 nitrogen and oxygen atoms in total. The van der Waals surface area contributed by atoms with Gasteiger partial charge in [-0.15, -0.1) is 0 Å². The van der Waals surface area contributed by atoms with Gasteiger partial charge in [0, 0.05) is 45.2 Å². The highest BCUT2D eigenvalue weighted by Gasteiger charge is 2.54. The molecule has 25 heavy (non-hydrogen) atoms. The zero-order chi connectivity index (χ0) is 17.6. The van der Waals surface area contributed by atoms with E-state index in [2.05, 4.69) is 5.10 Å². The van der Waals surface area contributed by atoms with Crippen molar-refractivity contribution in [1.82, 2.24) is 19.6 Å². The minimum Gasteiger partial charge on any atom is -0.337 e. The summed E-state index contributed by atoms with van der Waals surface area (Å²) in [7, 11) is -1.17. The molecule has 2 saturated heterocycles. The van der Waals surface area contributed by atoms with Crippen LogP contribution in [0.25, 0.3) is 0 Å². The summed E-state index contributed by atoms with van der Waals surface area (Å²) in [6, 6.07) is 1.74. The Labute approximate surface area is 149 Å². The number of piperidine rings is 1. The third kappa shape index (κ3) is 2.80. The first-order valence-electron chi connectivity index (χ1n) is 9.05. The van der Waals surface area contributed by atoms with Gasteiger partial charge in [0.1, 0.15) is 16.3 Å². The summed E-state index contributed by atoms with van der Waals surface area (Å²) in [5, 5.41) is 4.16. The van der Waals surface area contributed by atoms with E-state index < -0.39 is 15.7 Å². The fraction of sp³-hybridized carbons (Fsp3) is 0.706. The minimum atomic E-state index is -1.17. The Morgan fingerprint density at radius 2 is 2.08 bits per heavy atom. The Hall–Kier alpha value is -1.70. The first-order valence-corrected chi connectivity index (χ1v) is 10.4. The average Bonchev–Trinajstić information content (AvgIpc) is 3.26. The topological polar surface area (TPSA) is 75.5 Å². The minimum absolute atomic E-state index is 0.0223. The van der Waals surface area contributed by atoms with Gasteiger partial charge >= 0.3 is 0 Å². The Morgan fingerprint density at radius 1 is 1.36 bits per heavy atom. The van der Waals surface area contributed by atoms with E-state index in [0.717, 1.165) is 19.4 Å². The molecule has 1 saturated carbocycles. The molecule has 2 amide bonds. The van der Waals surface area contributed by atoms with Gasteiger partial charge in [0.2, 0.25) is 5.91 Å². The summed E-state index contributed by atoms with van der Waals surface area (Å²) in [5.41, 5.74) is 0.594. The van der Waals surface area contributed by atoms with E-state index in [1.807, 2.05) is 16.7 Å². The van der Waals surface area contributed by atoms with Crippen LogP contribution in [0.15, 0.2) is 12.3 Å². The summed E-state index contributed by atoms with van der Waals surface area (Å²) >= 11 is 0. The Bertz CT molecular complexity index is 719. The first-order chi connectivity index (χ1) is 12.0. The standard InChI is InChI=1S/C17H24N4O3S/c1-2-21-14(5-8-18-21)16(23)19-9-6-17(7-10-19)20(11-13-3-4-13)15(22)12-25(17)24/h5,8,13H,2-4,6-7,9-12H2,1H3. The number of hydrogen-bond donors (Lipinski definition) is 0. The molecule has 0 N–H and O–H groups in total. The maximum absolute atomic E-state index is 12.8. The van der Waals surface area contributed by atoms with Crippen molar-refractivity contribution in [2.45, 2.75) is 44.0 Å². The molecule has 3 aliphatic rings. The summed E-state index contributed by atoms with van der Waals surface area (Å²) in [4.78, 5) is 28.3. The summed E-state index contributed by atoms with van der Waals surface area (Å²) in [5.74, 6) is 0.713. The van der Waals surface area contributed by atoms with Crippen molar-refractivity contribution < 1.29 is 13.8 Å². The molecule has 136 valence electrons. The molecular formula is C17H24N4O3S. The monoisotopic (exact) mass is 364 g/mol. The highest BCUT2D eigenvalue weighted by Crippen LogP contribution is 2.41. The van der Waals surface area contributed by atoms with Crippen LogP contribution < -0.4 is 0 Å². The van der Waals surface area contributed by atoms with Crippen LogP contribution in [-0.2, 0) is 22.1 Å². The van der Waals surface area contributed by atoms with Crippen molar-refractivity contribution >= 4 is 22.6 Å². The number of aromatic nitrogens is 2. The van der Waals surface area contributed by atoms with E-state index in [4.69, 9.17) is 0 Å². The van der Waals surface area contributed by atoms with Gasteiger partial charge in [0.25, 0.3) is 5.91 Å². The van der Waals surface area contributed by atoms with E-state index in [1.165, 1.54) is 0 Å². The van der Waals surface area contributed by atoms with Gasteiger partial charge in [-0.25, -0.2) is 0 Å². The summed E-state index contributed by atoms with van der Waals surface area (Å²) in [6.07, 6.45) is 5.18. The molecule has 0 aromatic carbocycles. The van der Waals surface area contributed by atoms with E-state index in [-0.39, 0.29) is 17.6 Å². The Balaban J connectivity index is 1.49. The molecule has 4 rings (SSSR count). The lowest BCUT2D eigenvalue weighted by Gasteiger charge is -2.43. The molecule has 1 atom stereocenters. The van der Waals surface area contributed by atoms with E-state index in [9.17, 15) is 13.8 Å². The van der Waals surface area contributed by atoms with Gasteiger partial charge in [-0.2, -0.15) is 5.10 Å². The Morgan fingerprint density at radius 3 is 2.72 bits per heavy atom. The predicted molar refractivity (Wildman–Crippen MR) is 93.2 cm³/mol. The second-order valence-corrected chi connectivity index (χ2v) is 8.95. The maximum atomic E-state index is 12.8. The van der Waals surface area contributed by atoms with Gasteiger partial charge in [-0.1, -0.05) is 0 Å². The fourth-order valence-corrected chi connectivity index (χ4v) is 5.70. The number of carbonyl (C=O) groups excluding carboxylic acids is 2. The van der Waals surface area contributed by atoms with E-state index >= 15 is 0 Å². The molecular weight excluding hydrogens is 340 g/mol. The van der Waals surface area contributed by atoms with Crippen LogP contribution in [0.4, 0.5) is 0 Å². The number of aryl methyl sites for hydroxylation is 1. The first kappa shape index (κ1) is 16.8. The molecule has 0 radical (unpaired) electrons. The third-order valence-electron chi connectivity index (χ3n) is 5.68. The van der Waals surface area contributed by atoms with Crippen LogP contribution in [0.5, 0.6) is 0 Å². The smallest absolute Gasteiger partial charge is 0.272 e. The second kappa shape index (κ2) is 6.23. The quantitative estimate of drug-likeness (QED) is 0.793. The van der Waals surface area contributed by atoms with Crippen LogP contribution >= 0.6 is 0 Å². The molecule has 2 aliphatic heterocycles. The van der Waals surface area contributed by atoms with Gasteiger partial charge in [0.15, 0.2) is 0 Å². The number of nitrogens with zero attached hydrogens (tertiary/aromatic N) is 4. The summed E-state index contributed by atoms with van der Waals surface area (Å²) in [6.45, 7) is 4.42. The SMILES string of the molecule is CCn1nccc1C(=O)N1CCC2(CC1)N(CC1CC1)C(=O)CS2=O. The van der Waals surface area contributed by atoms with Crippen LogP contribution in [0, 0.1) is 5.92 Å². The highest BCUT2D eigenvalue weighted by atomic mass is 32.2. The lowest BCUT2D eigenvalue weighted by molar-refractivity contribution is -0.131. The molecule has 3 heterocycles. The van der Waals surface area contributed by atoms with Gasteiger partial charge < -0.3 is 9.80 Å². The number of amides is 2. The molecule has 1 unspecified atom stereocenters. The maximum Gasteiger partial charge on any atom is 0.272 e. The van der Waals surface area contributed by atoms with Crippen molar-refractivity contribution in [2.24, 2.45) is 5.92 Å². The number of likely N-dealkylation sites (tertiary alicyclic amines) is 1. The predicted octanol–water partition coefficient (Wildman–Crippen LogP) is 0.836. The zero-order valence-electron chi connectivity index (χ0n) is 14.5. The van der Waals surface area contributed by atoms with Gasteiger partial charge in [-0.3, -0.25) is 18.5 Å². The Kier molecular flexibility index (Phi) is 4.17. The van der Waals surface area contributed by atoms with Gasteiger partial charge in [0.05, 0.1) is 10.8 Å². The third-order valence-corrected chi connectivity index (χ3v) is 7.66. The molecule has 1 spiro atoms. The second-order valence-electron chi connectivity index (χ2n) is 7.21. The molecule has 0 bridgehead atoms. The van der Waals surface area contributed by atoms with Crippen molar-refractivity contribution in [3.8, 4) is 0 Å². The van der Waals surface area contributed by atoms with Crippen molar-refractivity contribution in [2.75, 3.05) is 25.4 Å². The largest absolute Gasteiger partial charge is 0.337 e. The molecule has 1 aromatic rings. The van der Waals surface area contributed by atoms with Crippen molar-refractivity contribution in [1.29, 1.82) is 0 Å². The van der Waals surface area contributed by atoms with Gasteiger partial charge in [-0.05, 0) is 31.7 Å². The average molecular weight is 364 g/mol. The van der Waals surface area contributed by atoms with Crippen LogP contribution in [0.1, 0.15) is 43.1 Å². The van der Waals surface area contributed by atoms with Crippen molar-refractivity contribution in [3.05, 3.63) is 18.0 Å². The van der Waals surface area contributed by atoms with E-state index in [1.54, 1.807) is 16.9 Å². The van der Waals surface area contributed by atoms with Crippen LogP contribution in [0.3, 0.4) is 0 Å². The van der Waals surface area contributed by atoms with Crippen LogP contribution in [0.2, 0.25) is 0 Å². The molecule has 3 fully saturated rings. The molecule has 1 aliphatic carbocycles. The number of hydrogen-bond acceptors (Lipinski definition) is 4. The molecule has 8 heteroatoms. The normalized spacial score (nSPS) is 25.8. The summed E-state index contributed by atoms with van der Waals surface area (Å²) < 4.78 is 14.4. The lowest BCUT2D eigenvalue weighted by Crippen LogP contribution is -2.56. The van der Waals surface area contributed by atoms with Crippen LogP contribution in [-0.4, -0.2) is 65.9 Å². The lowest BCUT2D eigenvalue weighted by atomic mass is 10.0. The highest BCUT2D eigenvalue weighted by molar-refractivity contribution is 7.87. The number of rotatable bonds is 4. The zero-order valence-corrected chi connectivity index (χ0v) is 15.3. The van der Waals surface area contributed by atoms with E-state index in [0.29, 0.717) is 44.1 Å². The fourth-order valence-electron chi connectivity index (χ4n) is 3.99. The number of carbonyl (C=O) groups is 2. The van der Waals surface area contributed by atoms with Crippen molar-refractivity contribution in [3.63, 3.8) is 0 Å². The molecule has 1 aromatic heterocycles.